The summed E-state index contributed by atoms with van der Waals surface area (Å²) < 4.78 is 78.3. The molecule has 0 atom stereocenters. The highest BCUT2D eigenvalue weighted by atomic mass is 19.4. The lowest BCUT2D eigenvalue weighted by Gasteiger charge is -2.34. The Bertz CT molecular complexity index is 1140. The molecule has 2 fully saturated rings. The molecule has 40 heavy (non-hydrogen) atoms. The van der Waals surface area contributed by atoms with Crippen LogP contribution in [0.1, 0.15) is 49.7 Å². The van der Waals surface area contributed by atoms with Gasteiger partial charge in [-0.05, 0) is 86.9 Å². The van der Waals surface area contributed by atoms with E-state index in [0.29, 0.717) is 51.0 Å². The third-order valence-corrected chi connectivity index (χ3v) is 7.73. The molecular formula is C27H32F6N4O3. The van der Waals surface area contributed by atoms with Gasteiger partial charge in [-0.25, -0.2) is 0 Å². The second kappa shape index (κ2) is 12.1. The van der Waals surface area contributed by atoms with Crippen LogP contribution in [0.15, 0.2) is 42.5 Å². The number of hydrogen-bond acceptors (Lipinski definition) is 6. The van der Waals surface area contributed by atoms with Gasteiger partial charge in [-0.3, -0.25) is 15.2 Å². The molecule has 2 aromatic rings. The summed E-state index contributed by atoms with van der Waals surface area (Å²) >= 11 is 0. The van der Waals surface area contributed by atoms with Gasteiger partial charge in [0.05, 0.1) is 11.1 Å². The van der Waals surface area contributed by atoms with Gasteiger partial charge in [0, 0.05) is 43.0 Å². The number of benzene rings is 2. The summed E-state index contributed by atoms with van der Waals surface area (Å²) in [5.74, 6) is 0.0526. The number of hydrogen-bond donors (Lipinski definition) is 4. The molecule has 0 unspecified atom stereocenters. The number of alkyl halides is 6. The van der Waals surface area contributed by atoms with Crippen LogP contribution >= 0.6 is 0 Å². The van der Waals surface area contributed by atoms with Gasteiger partial charge in [0.25, 0.3) is 0 Å². The van der Waals surface area contributed by atoms with E-state index in [9.17, 15) is 31.1 Å². The van der Waals surface area contributed by atoms with E-state index >= 15 is 0 Å². The highest BCUT2D eigenvalue weighted by molar-refractivity contribution is 5.79. The van der Waals surface area contributed by atoms with E-state index in [1.165, 1.54) is 18.2 Å². The van der Waals surface area contributed by atoms with Gasteiger partial charge in [-0.15, -0.1) is 5.23 Å². The van der Waals surface area contributed by atoms with Gasteiger partial charge in [0.1, 0.15) is 5.69 Å². The molecule has 0 radical (unpaired) electrons. The monoisotopic (exact) mass is 574 g/mol. The van der Waals surface area contributed by atoms with E-state index < -0.39 is 34.4 Å². The van der Waals surface area contributed by atoms with E-state index in [-0.39, 0.29) is 29.5 Å². The lowest BCUT2D eigenvalue weighted by molar-refractivity contribution is -0.139. The Morgan fingerprint density at radius 2 is 1.50 bits per heavy atom. The van der Waals surface area contributed by atoms with Crippen molar-refractivity contribution in [1.82, 2.24) is 5.32 Å². The quantitative estimate of drug-likeness (QED) is 0.229. The van der Waals surface area contributed by atoms with Crippen LogP contribution in [0.2, 0.25) is 0 Å². The molecular weight excluding hydrogens is 542 g/mol. The second-order valence-electron chi connectivity index (χ2n) is 10.4. The smallest absolute Gasteiger partial charge is 0.382 e. The predicted octanol–water partition coefficient (Wildman–Crippen LogP) is 6.31. The number of nitrogens with zero attached hydrogens (tertiary/aromatic N) is 2. The SMILES string of the molecule is O=C(NCC1CCC(Nc2ccc(N(O)O)c(C(F)(F)F)c2)CC1)C1CCN(c2ccc(C(F)(F)F)cc2)CC1. The van der Waals surface area contributed by atoms with Crippen LogP contribution in [0.25, 0.3) is 0 Å². The first-order valence-electron chi connectivity index (χ1n) is 13.2. The Hall–Kier alpha value is -3.19. The van der Waals surface area contributed by atoms with E-state index in [4.69, 9.17) is 10.4 Å². The molecule has 1 saturated carbocycles. The van der Waals surface area contributed by atoms with Crippen LogP contribution in [0.4, 0.5) is 43.4 Å². The molecule has 13 heteroatoms. The van der Waals surface area contributed by atoms with Gasteiger partial charge in [0.15, 0.2) is 0 Å². The van der Waals surface area contributed by atoms with E-state index in [1.54, 1.807) is 0 Å². The standard InChI is InChI=1S/C27H32F6N4O3/c28-26(29,30)19-3-8-22(9-4-19)36-13-11-18(12-14-36)25(38)34-16-17-1-5-20(6-2-17)35-21-7-10-24(37(39)40)23(15-21)27(31,32)33/h3-4,7-10,15,17-18,20,35,39-40H,1-2,5-6,11-14,16H2,(H,34,38). The Labute approximate surface area is 227 Å². The van der Waals surface area contributed by atoms with Crippen LogP contribution in [0.3, 0.4) is 0 Å². The van der Waals surface area contributed by atoms with Crippen molar-refractivity contribution in [2.24, 2.45) is 11.8 Å². The molecule has 0 spiro atoms. The van der Waals surface area contributed by atoms with Gasteiger partial charge < -0.3 is 15.5 Å². The van der Waals surface area contributed by atoms with E-state index in [2.05, 4.69) is 10.6 Å². The number of carbonyl (C=O) groups excluding carboxylic acids is 1. The maximum atomic E-state index is 13.3. The summed E-state index contributed by atoms with van der Waals surface area (Å²) in [5, 5.41) is 23.7. The molecule has 7 nitrogen and oxygen atoms in total. The molecule has 0 bridgehead atoms. The highest BCUT2D eigenvalue weighted by Crippen LogP contribution is 2.38. The molecule has 1 amide bonds. The van der Waals surface area contributed by atoms with Crippen LogP contribution in [0.5, 0.6) is 0 Å². The summed E-state index contributed by atoms with van der Waals surface area (Å²) in [6, 6.07) is 8.19. The fourth-order valence-corrected chi connectivity index (χ4v) is 5.42. The van der Waals surface area contributed by atoms with Crippen molar-refractivity contribution in [1.29, 1.82) is 0 Å². The normalized spacial score (nSPS) is 20.8. The third kappa shape index (κ3) is 7.51. The first-order valence-corrected chi connectivity index (χ1v) is 13.2. The molecule has 0 aromatic heterocycles. The van der Waals surface area contributed by atoms with Gasteiger partial charge >= 0.3 is 12.4 Å². The predicted molar refractivity (Wildman–Crippen MR) is 136 cm³/mol. The number of amides is 1. The van der Waals surface area contributed by atoms with Crippen molar-refractivity contribution in [2.75, 3.05) is 35.1 Å². The van der Waals surface area contributed by atoms with Crippen LogP contribution < -0.4 is 20.8 Å². The molecule has 2 aliphatic rings. The van der Waals surface area contributed by atoms with Crippen molar-refractivity contribution in [3.05, 3.63) is 53.6 Å². The zero-order valence-corrected chi connectivity index (χ0v) is 21.6. The average Bonchev–Trinajstić information content (AvgIpc) is 2.91. The van der Waals surface area contributed by atoms with Crippen LogP contribution in [-0.2, 0) is 17.1 Å². The maximum Gasteiger partial charge on any atom is 0.418 e. The van der Waals surface area contributed by atoms with Crippen molar-refractivity contribution < 1.29 is 41.6 Å². The number of carbonyl (C=O) groups is 1. The lowest BCUT2D eigenvalue weighted by Crippen LogP contribution is -2.42. The minimum absolute atomic E-state index is 0.0334. The number of piperidine rings is 1. The summed E-state index contributed by atoms with van der Waals surface area (Å²) in [7, 11) is 0. The van der Waals surface area contributed by atoms with Crippen molar-refractivity contribution in [3.63, 3.8) is 0 Å². The first-order chi connectivity index (χ1) is 18.8. The third-order valence-electron chi connectivity index (χ3n) is 7.73. The summed E-state index contributed by atoms with van der Waals surface area (Å²) in [6.07, 6.45) is -4.94. The fourth-order valence-electron chi connectivity index (χ4n) is 5.42. The van der Waals surface area contributed by atoms with E-state index in [1.807, 2.05) is 4.90 Å². The first kappa shape index (κ1) is 29.8. The molecule has 220 valence electrons. The molecule has 1 aliphatic carbocycles. The molecule has 4 N–H and O–H groups in total. The minimum Gasteiger partial charge on any atom is -0.382 e. The average molecular weight is 575 g/mol. The van der Waals surface area contributed by atoms with Crippen molar-refractivity contribution >= 4 is 23.0 Å². The number of halogens is 6. The Morgan fingerprint density at radius 3 is 2.05 bits per heavy atom. The van der Waals surface area contributed by atoms with Crippen LogP contribution in [-0.4, -0.2) is 42.0 Å². The largest absolute Gasteiger partial charge is 0.418 e. The Balaban J connectivity index is 1.19. The summed E-state index contributed by atoms with van der Waals surface area (Å²) in [4.78, 5) is 14.7. The highest BCUT2D eigenvalue weighted by Gasteiger charge is 2.36. The number of anilines is 3. The number of rotatable bonds is 7. The van der Waals surface area contributed by atoms with Crippen molar-refractivity contribution in [3.8, 4) is 0 Å². The lowest BCUT2D eigenvalue weighted by atomic mass is 9.85. The minimum atomic E-state index is -4.76. The van der Waals surface area contributed by atoms with Gasteiger partial charge in [-0.2, -0.15) is 26.3 Å². The fraction of sp³-hybridized carbons (Fsp3) is 0.519. The molecule has 1 heterocycles. The Kier molecular flexibility index (Phi) is 9.03. The van der Waals surface area contributed by atoms with Gasteiger partial charge in [0.2, 0.25) is 5.91 Å². The van der Waals surface area contributed by atoms with Crippen LogP contribution in [0, 0.1) is 11.8 Å². The molecule has 1 aliphatic heterocycles. The number of nitrogens with one attached hydrogen (secondary N) is 2. The van der Waals surface area contributed by atoms with E-state index in [0.717, 1.165) is 37.1 Å². The molecule has 2 aromatic carbocycles. The maximum absolute atomic E-state index is 13.3. The topological polar surface area (TPSA) is 88.1 Å². The molecule has 4 rings (SSSR count). The van der Waals surface area contributed by atoms with Gasteiger partial charge in [-0.1, -0.05) is 0 Å². The summed E-state index contributed by atoms with van der Waals surface area (Å²) in [5.41, 5.74) is -1.68. The zero-order valence-electron chi connectivity index (χ0n) is 21.6. The summed E-state index contributed by atoms with van der Waals surface area (Å²) in [6.45, 7) is 1.66. The zero-order chi connectivity index (χ0) is 29.1. The molecule has 1 saturated heterocycles. The van der Waals surface area contributed by atoms with Crippen molar-refractivity contribution in [2.45, 2.75) is 56.9 Å². The Morgan fingerprint density at radius 1 is 0.875 bits per heavy atom. The second-order valence-corrected chi connectivity index (χ2v) is 10.4.